The molecule has 1 aromatic heterocycles. The van der Waals surface area contributed by atoms with E-state index in [-0.39, 0.29) is 11.8 Å². The third-order valence-corrected chi connectivity index (χ3v) is 3.53. The van der Waals surface area contributed by atoms with Gasteiger partial charge >= 0.3 is 0 Å². The molecule has 1 aliphatic carbocycles. The molecule has 2 rings (SSSR count). The summed E-state index contributed by atoms with van der Waals surface area (Å²) in [6.45, 7) is 0. The van der Waals surface area contributed by atoms with Gasteiger partial charge in [-0.25, -0.2) is 5.43 Å². The molecule has 0 radical (unpaired) electrons. The van der Waals surface area contributed by atoms with E-state index >= 15 is 0 Å². The highest BCUT2D eigenvalue weighted by molar-refractivity contribution is 9.10. The normalized spacial score (nSPS) is 16.1. The first-order chi connectivity index (χ1) is 6.75. The number of amides is 1. The molecule has 1 N–H and O–H groups in total. The fourth-order valence-corrected chi connectivity index (χ4v) is 2.30. The van der Waals surface area contributed by atoms with Crippen molar-refractivity contribution in [1.82, 2.24) is 5.43 Å². The maximum Gasteiger partial charge on any atom is 0.243 e. The van der Waals surface area contributed by atoms with Crippen LogP contribution in [0.2, 0.25) is 0 Å². The number of nitrogens with one attached hydrogen (secondary N) is 1. The zero-order valence-electron chi connectivity index (χ0n) is 7.37. The van der Waals surface area contributed by atoms with Crippen LogP contribution in [-0.2, 0) is 4.79 Å². The minimum absolute atomic E-state index is 0.0388. The van der Waals surface area contributed by atoms with Crippen LogP contribution in [-0.4, -0.2) is 12.1 Å². The van der Waals surface area contributed by atoms with Crippen LogP contribution >= 0.6 is 27.3 Å². The van der Waals surface area contributed by atoms with Crippen molar-refractivity contribution in [3.05, 3.63) is 20.8 Å². The van der Waals surface area contributed by atoms with Crippen molar-refractivity contribution in [2.45, 2.75) is 12.8 Å². The van der Waals surface area contributed by atoms with Crippen LogP contribution in [0, 0.1) is 5.92 Å². The van der Waals surface area contributed by atoms with Gasteiger partial charge < -0.3 is 0 Å². The molecule has 0 unspecified atom stereocenters. The van der Waals surface area contributed by atoms with Gasteiger partial charge in [-0.3, -0.25) is 4.79 Å². The van der Waals surface area contributed by atoms with E-state index in [4.69, 9.17) is 0 Å². The van der Waals surface area contributed by atoms with E-state index in [0.29, 0.717) is 0 Å². The predicted octanol–water partition coefficient (Wildman–Crippen LogP) is 2.37. The fourth-order valence-electron chi connectivity index (χ4n) is 0.992. The Morgan fingerprint density at radius 2 is 2.50 bits per heavy atom. The number of hydrogen-bond acceptors (Lipinski definition) is 3. The monoisotopic (exact) mass is 272 g/mol. The molecule has 1 saturated carbocycles. The number of carbonyl (C=O) groups excluding carboxylic acids is 1. The summed E-state index contributed by atoms with van der Waals surface area (Å²) in [5, 5.41) is 5.86. The van der Waals surface area contributed by atoms with Crippen LogP contribution in [0.5, 0.6) is 0 Å². The molecule has 74 valence electrons. The minimum Gasteiger partial charge on any atom is -0.273 e. The van der Waals surface area contributed by atoms with Crippen molar-refractivity contribution < 1.29 is 4.79 Å². The first-order valence-corrected chi connectivity index (χ1v) is 6.00. The number of thiophene rings is 1. The molecule has 0 atom stereocenters. The molecular formula is C9H9BrN2OS. The van der Waals surface area contributed by atoms with Crippen LogP contribution in [0.4, 0.5) is 0 Å². The molecule has 1 heterocycles. The van der Waals surface area contributed by atoms with E-state index in [1.165, 1.54) is 0 Å². The molecule has 1 fully saturated rings. The molecule has 14 heavy (non-hydrogen) atoms. The second kappa shape index (κ2) is 4.23. The van der Waals surface area contributed by atoms with Crippen molar-refractivity contribution in [2.24, 2.45) is 11.0 Å². The van der Waals surface area contributed by atoms with Crippen molar-refractivity contribution in [3.63, 3.8) is 0 Å². The summed E-state index contributed by atoms with van der Waals surface area (Å²) in [7, 11) is 0. The van der Waals surface area contributed by atoms with E-state index in [2.05, 4.69) is 26.5 Å². The van der Waals surface area contributed by atoms with E-state index < -0.39 is 0 Å². The largest absolute Gasteiger partial charge is 0.273 e. The average molecular weight is 273 g/mol. The smallest absolute Gasteiger partial charge is 0.243 e. The van der Waals surface area contributed by atoms with Crippen LogP contribution < -0.4 is 5.43 Å². The summed E-state index contributed by atoms with van der Waals surface area (Å²) in [4.78, 5) is 12.2. The van der Waals surface area contributed by atoms with Gasteiger partial charge in [-0.2, -0.15) is 5.10 Å². The quantitative estimate of drug-likeness (QED) is 0.666. The molecule has 0 aromatic carbocycles. The first-order valence-electron chi connectivity index (χ1n) is 4.32. The van der Waals surface area contributed by atoms with Gasteiger partial charge in [0.25, 0.3) is 0 Å². The summed E-state index contributed by atoms with van der Waals surface area (Å²) in [6, 6.07) is 1.96. The Labute approximate surface area is 94.3 Å². The van der Waals surface area contributed by atoms with Crippen LogP contribution in [0.1, 0.15) is 17.7 Å². The van der Waals surface area contributed by atoms with Gasteiger partial charge in [0.1, 0.15) is 0 Å². The Balaban J connectivity index is 1.84. The van der Waals surface area contributed by atoms with Crippen LogP contribution in [0.3, 0.4) is 0 Å². The standard InChI is InChI=1S/C9H9BrN2OS/c10-7-3-8(14-5-7)4-11-12-9(13)6-1-2-6/h3-6H,1-2H2,(H,12,13)/b11-4+. The Morgan fingerprint density at radius 3 is 3.07 bits per heavy atom. The number of hydrazone groups is 1. The molecule has 0 bridgehead atoms. The summed E-state index contributed by atoms with van der Waals surface area (Å²) in [5.41, 5.74) is 2.52. The molecule has 0 saturated heterocycles. The molecule has 5 heteroatoms. The highest BCUT2D eigenvalue weighted by Gasteiger charge is 2.29. The molecule has 0 aliphatic heterocycles. The summed E-state index contributed by atoms with van der Waals surface area (Å²) in [6.07, 6.45) is 3.67. The van der Waals surface area contributed by atoms with Crippen LogP contribution in [0.15, 0.2) is 21.0 Å². The third kappa shape index (κ3) is 2.65. The Kier molecular flexibility index (Phi) is 2.98. The lowest BCUT2D eigenvalue weighted by Crippen LogP contribution is -2.18. The minimum atomic E-state index is 0.0388. The molecule has 3 nitrogen and oxygen atoms in total. The molecule has 1 aliphatic rings. The lowest BCUT2D eigenvalue weighted by atomic mass is 10.4. The summed E-state index contributed by atoms with van der Waals surface area (Å²) < 4.78 is 1.04. The second-order valence-electron chi connectivity index (χ2n) is 3.18. The number of rotatable bonds is 3. The third-order valence-electron chi connectivity index (χ3n) is 1.90. The van der Waals surface area contributed by atoms with Gasteiger partial charge in [-0.15, -0.1) is 11.3 Å². The number of carbonyl (C=O) groups is 1. The van der Waals surface area contributed by atoms with Crippen LogP contribution in [0.25, 0.3) is 0 Å². The molecule has 1 amide bonds. The predicted molar refractivity (Wildman–Crippen MR) is 60.5 cm³/mol. The Morgan fingerprint density at radius 1 is 1.71 bits per heavy atom. The Bertz CT molecular complexity index is 371. The lowest BCUT2D eigenvalue weighted by molar-refractivity contribution is -0.122. The van der Waals surface area contributed by atoms with Gasteiger partial charge in [0, 0.05) is 20.6 Å². The summed E-state index contributed by atoms with van der Waals surface area (Å²) >= 11 is 4.93. The van der Waals surface area contributed by atoms with E-state index in [0.717, 1.165) is 22.2 Å². The lowest BCUT2D eigenvalue weighted by Gasteiger charge is -1.93. The highest BCUT2D eigenvalue weighted by atomic mass is 79.9. The van der Waals surface area contributed by atoms with Crippen molar-refractivity contribution >= 4 is 39.4 Å². The maximum atomic E-state index is 11.2. The van der Waals surface area contributed by atoms with Gasteiger partial charge in [0.05, 0.1) is 6.21 Å². The Hall–Kier alpha value is -0.680. The van der Waals surface area contributed by atoms with Gasteiger partial charge in [0.15, 0.2) is 0 Å². The van der Waals surface area contributed by atoms with E-state index in [1.807, 2.05) is 11.4 Å². The van der Waals surface area contributed by atoms with Crippen molar-refractivity contribution in [3.8, 4) is 0 Å². The van der Waals surface area contributed by atoms with Gasteiger partial charge in [-0.05, 0) is 34.8 Å². The molecule has 0 spiro atoms. The van der Waals surface area contributed by atoms with E-state index in [9.17, 15) is 4.79 Å². The number of hydrogen-bond donors (Lipinski definition) is 1. The highest BCUT2D eigenvalue weighted by Crippen LogP contribution is 2.28. The zero-order chi connectivity index (χ0) is 9.97. The van der Waals surface area contributed by atoms with E-state index in [1.54, 1.807) is 17.6 Å². The fraction of sp³-hybridized carbons (Fsp3) is 0.333. The van der Waals surface area contributed by atoms with Crippen molar-refractivity contribution in [1.29, 1.82) is 0 Å². The number of halogens is 1. The van der Waals surface area contributed by atoms with Crippen molar-refractivity contribution in [2.75, 3.05) is 0 Å². The topological polar surface area (TPSA) is 41.5 Å². The zero-order valence-corrected chi connectivity index (χ0v) is 9.77. The van der Waals surface area contributed by atoms with Gasteiger partial charge in [0.2, 0.25) is 5.91 Å². The average Bonchev–Trinajstić information content (AvgIpc) is 2.92. The summed E-state index contributed by atoms with van der Waals surface area (Å²) in [5.74, 6) is 0.249. The SMILES string of the molecule is O=C(N/N=C/c1cc(Br)cs1)C1CC1. The molecular weight excluding hydrogens is 264 g/mol. The first kappa shape index (κ1) is 9.86. The second-order valence-corrected chi connectivity index (χ2v) is 5.03. The molecule has 1 aromatic rings. The van der Waals surface area contributed by atoms with Gasteiger partial charge in [-0.1, -0.05) is 0 Å². The number of nitrogens with zero attached hydrogens (tertiary/aromatic N) is 1. The maximum absolute atomic E-state index is 11.2.